The minimum absolute atomic E-state index is 0.116. The molecule has 21 heavy (non-hydrogen) atoms. The third-order valence-corrected chi connectivity index (χ3v) is 3.63. The van der Waals surface area contributed by atoms with Crippen molar-refractivity contribution in [2.45, 2.75) is 25.4 Å². The van der Waals surface area contributed by atoms with Crippen molar-refractivity contribution in [3.63, 3.8) is 0 Å². The number of furan rings is 1. The van der Waals surface area contributed by atoms with Crippen LogP contribution in [-0.2, 0) is 11.3 Å². The molecular formula is C14H20N2O5. The van der Waals surface area contributed by atoms with Crippen LogP contribution in [0.15, 0.2) is 16.5 Å². The Morgan fingerprint density at radius 1 is 1.29 bits per heavy atom. The summed E-state index contributed by atoms with van der Waals surface area (Å²) in [6, 6.07) is 3.02. The SMILES string of the molecule is CN(Cc1ccc(C(=O)O)o1)C(=O)N(C)C1CCOCC1. The Bertz CT molecular complexity index is 507. The smallest absolute Gasteiger partial charge is 0.371 e. The largest absolute Gasteiger partial charge is 0.475 e. The minimum atomic E-state index is -1.12. The topological polar surface area (TPSA) is 83.2 Å². The van der Waals surface area contributed by atoms with E-state index in [2.05, 4.69) is 0 Å². The molecule has 116 valence electrons. The van der Waals surface area contributed by atoms with Crippen LogP contribution in [0, 0.1) is 0 Å². The average molecular weight is 296 g/mol. The van der Waals surface area contributed by atoms with Gasteiger partial charge in [-0.2, -0.15) is 0 Å². The Hall–Kier alpha value is -2.02. The molecule has 0 bridgehead atoms. The van der Waals surface area contributed by atoms with Gasteiger partial charge in [0.2, 0.25) is 5.76 Å². The molecule has 1 saturated heterocycles. The lowest BCUT2D eigenvalue weighted by molar-refractivity contribution is 0.0471. The highest BCUT2D eigenvalue weighted by Crippen LogP contribution is 2.16. The molecule has 0 saturated carbocycles. The fourth-order valence-corrected chi connectivity index (χ4v) is 2.38. The molecule has 0 radical (unpaired) electrons. The van der Waals surface area contributed by atoms with E-state index in [9.17, 15) is 9.59 Å². The predicted molar refractivity (Wildman–Crippen MR) is 74.1 cm³/mol. The van der Waals surface area contributed by atoms with Crippen molar-refractivity contribution < 1.29 is 23.8 Å². The lowest BCUT2D eigenvalue weighted by atomic mass is 10.1. The highest BCUT2D eigenvalue weighted by atomic mass is 16.5. The predicted octanol–water partition coefficient (Wildman–Crippen LogP) is 1.64. The van der Waals surface area contributed by atoms with Crippen LogP contribution in [0.2, 0.25) is 0 Å². The molecule has 2 heterocycles. The number of urea groups is 1. The van der Waals surface area contributed by atoms with E-state index < -0.39 is 5.97 Å². The standard InChI is InChI=1S/C14H20N2O5/c1-15(9-11-3-4-12(21-11)13(17)18)14(19)16(2)10-5-7-20-8-6-10/h3-4,10H,5-9H2,1-2H3,(H,17,18). The normalized spacial score (nSPS) is 15.7. The Morgan fingerprint density at radius 3 is 2.52 bits per heavy atom. The molecule has 0 atom stereocenters. The fraction of sp³-hybridized carbons (Fsp3) is 0.571. The van der Waals surface area contributed by atoms with Crippen molar-refractivity contribution in [1.82, 2.24) is 9.80 Å². The summed E-state index contributed by atoms with van der Waals surface area (Å²) in [5.74, 6) is -0.790. The van der Waals surface area contributed by atoms with Crippen LogP contribution in [0.5, 0.6) is 0 Å². The third-order valence-electron chi connectivity index (χ3n) is 3.63. The van der Waals surface area contributed by atoms with E-state index in [4.69, 9.17) is 14.3 Å². The highest BCUT2D eigenvalue weighted by Gasteiger charge is 2.25. The maximum atomic E-state index is 12.3. The molecule has 1 aliphatic rings. The van der Waals surface area contributed by atoms with Gasteiger partial charge in [-0.15, -0.1) is 0 Å². The molecule has 0 aliphatic carbocycles. The monoisotopic (exact) mass is 296 g/mol. The first-order chi connectivity index (χ1) is 9.99. The molecular weight excluding hydrogens is 276 g/mol. The number of ether oxygens (including phenoxy) is 1. The molecule has 7 nitrogen and oxygen atoms in total. The number of nitrogens with zero attached hydrogens (tertiary/aromatic N) is 2. The van der Waals surface area contributed by atoms with Crippen LogP contribution in [0.4, 0.5) is 4.79 Å². The van der Waals surface area contributed by atoms with Gasteiger partial charge in [0.25, 0.3) is 0 Å². The number of carboxylic acids is 1. The number of hydrogen-bond donors (Lipinski definition) is 1. The van der Waals surface area contributed by atoms with Crippen LogP contribution in [0.1, 0.15) is 29.2 Å². The van der Waals surface area contributed by atoms with Crippen molar-refractivity contribution >= 4 is 12.0 Å². The summed E-state index contributed by atoms with van der Waals surface area (Å²) in [5.41, 5.74) is 0. The zero-order valence-electron chi connectivity index (χ0n) is 12.2. The molecule has 0 unspecified atom stereocenters. The number of carbonyl (C=O) groups is 2. The average Bonchev–Trinajstić information content (AvgIpc) is 2.95. The van der Waals surface area contributed by atoms with Gasteiger partial charge in [0.1, 0.15) is 5.76 Å². The maximum absolute atomic E-state index is 12.3. The fourth-order valence-electron chi connectivity index (χ4n) is 2.38. The molecule has 2 rings (SSSR count). The van der Waals surface area contributed by atoms with E-state index in [1.54, 1.807) is 25.1 Å². The van der Waals surface area contributed by atoms with Gasteiger partial charge >= 0.3 is 12.0 Å². The summed E-state index contributed by atoms with van der Waals surface area (Å²) >= 11 is 0. The van der Waals surface area contributed by atoms with Gasteiger partial charge in [-0.05, 0) is 25.0 Å². The molecule has 1 aromatic rings. The van der Waals surface area contributed by atoms with Gasteiger partial charge in [-0.25, -0.2) is 9.59 Å². The first-order valence-electron chi connectivity index (χ1n) is 6.86. The van der Waals surface area contributed by atoms with E-state index in [-0.39, 0.29) is 24.4 Å². The van der Waals surface area contributed by atoms with Gasteiger partial charge in [-0.3, -0.25) is 0 Å². The van der Waals surface area contributed by atoms with Gasteiger partial charge in [0, 0.05) is 33.4 Å². The first-order valence-corrected chi connectivity index (χ1v) is 6.86. The van der Waals surface area contributed by atoms with Crippen LogP contribution in [0.25, 0.3) is 0 Å². The number of amides is 2. The van der Waals surface area contributed by atoms with Gasteiger partial charge in [-0.1, -0.05) is 0 Å². The first kappa shape index (κ1) is 15.4. The molecule has 0 spiro atoms. The number of carbonyl (C=O) groups excluding carboxylic acids is 1. The maximum Gasteiger partial charge on any atom is 0.371 e. The molecule has 7 heteroatoms. The minimum Gasteiger partial charge on any atom is -0.475 e. The Balaban J connectivity index is 1.93. The third kappa shape index (κ3) is 3.75. The Kier molecular flexibility index (Phi) is 4.85. The van der Waals surface area contributed by atoms with E-state index in [0.29, 0.717) is 19.0 Å². The van der Waals surface area contributed by atoms with Crippen molar-refractivity contribution in [2.75, 3.05) is 27.3 Å². The summed E-state index contributed by atoms with van der Waals surface area (Å²) in [5, 5.41) is 8.81. The van der Waals surface area contributed by atoms with Crippen molar-refractivity contribution in [1.29, 1.82) is 0 Å². The Labute approximate surface area is 123 Å². The van der Waals surface area contributed by atoms with Crippen molar-refractivity contribution in [3.8, 4) is 0 Å². The molecule has 1 N–H and O–H groups in total. The number of rotatable bonds is 4. The number of hydrogen-bond acceptors (Lipinski definition) is 4. The van der Waals surface area contributed by atoms with E-state index in [1.807, 2.05) is 0 Å². The summed E-state index contributed by atoms with van der Waals surface area (Å²) in [7, 11) is 3.45. The van der Waals surface area contributed by atoms with Gasteiger partial charge < -0.3 is 24.1 Å². The second kappa shape index (κ2) is 6.62. The zero-order valence-corrected chi connectivity index (χ0v) is 12.2. The van der Waals surface area contributed by atoms with Crippen molar-refractivity contribution in [2.24, 2.45) is 0 Å². The number of carboxylic acid groups (broad SMARTS) is 1. The van der Waals surface area contributed by atoms with Crippen LogP contribution >= 0.6 is 0 Å². The summed E-state index contributed by atoms with van der Waals surface area (Å²) in [6.45, 7) is 1.58. The summed E-state index contributed by atoms with van der Waals surface area (Å²) < 4.78 is 10.4. The molecule has 2 amide bonds. The zero-order chi connectivity index (χ0) is 15.4. The van der Waals surface area contributed by atoms with Crippen molar-refractivity contribution in [3.05, 3.63) is 23.7 Å². The molecule has 1 aliphatic heterocycles. The van der Waals surface area contributed by atoms with Gasteiger partial charge in [0.15, 0.2) is 0 Å². The summed E-state index contributed by atoms with van der Waals surface area (Å²) in [4.78, 5) is 26.3. The quantitative estimate of drug-likeness (QED) is 0.913. The Morgan fingerprint density at radius 2 is 1.95 bits per heavy atom. The van der Waals surface area contributed by atoms with Gasteiger partial charge in [0.05, 0.1) is 6.54 Å². The van der Waals surface area contributed by atoms with Crippen LogP contribution < -0.4 is 0 Å². The van der Waals surface area contributed by atoms with E-state index in [0.717, 1.165) is 12.8 Å². The second-order valence-electron chi connectivity index (χ2n) is 5.16. The molecule has 1 fully saturated rings. The second-order valence-corrected chi connectivity index (χ2v) is 5.16. The number of aromatic carboxylic acids is 1. The lowest BCUT2D eigenvalue weighted by Crippen LogP contribution is -2.46. The lowest BCUT2D eigenvalue weighted by Gasteiger charge is -2.33. The summed E-state index contributed by atoms with van der Waals surface area (Å²) in [6.07, 6.45) is 1.67. The van der Waals surface area contributed by atoms with E-state index >= 15 is 0 Å². The van der Waals surface area contributed by atoms with Crippen LogP contribution in [-0.4, -0.2) is 60.3 Å². The molecule has 1 aromatic heterocycles. The van der Waals surface area contributed by atoms with E-state index in [1.165, 1.54) is 11.0 Å². The highest BCUT2D eigenvalue weighted by molar-refractivity contribution is 5.84. The molecule has 0 aromatic carbocycles. The van der Waals surface area contributed by atoms with Crippen LogP contribution in [0.3, 0.4) is 0 Å².